The Balaban J connectivity index is 1.72. The first kappa shape index (κ1) is 15.5. The third-order valence-electron chi connectivity index (χ3n) is 4.56. The van der Waals surface area contributed by atoms with Crippen LogP contribution in [-0.4, -0.2) is 39.8 Å². The van der Waals surface area contributed by atoms with E-state index in [1.165, 1.54) is 29.4 Å². The van der Waals surface area contributed by atoms with E-state index in [1.807, 2.05) is 18.2 Å². The number of nitrogens with one attached hydrogen (secondary N) is 1. The Labute approximate surface area is 135 Å². The summed E-state index contributed by atoms with van der Waals surface area (Å²) in [4.78, 5) is 12.1. The highest BCUT2D eigenvalue weighted by Crippen LogP contribution is 2.44. The number of para-hydroxylation sites is 1. The number of tetrazole rings is 1. The van der Waals surface area contributed by atoms with Gasteiger partial charge in [0.1, 0.15) is 18.6 Å². The molecule has 23 heavy (non-hydrogen) atoms. The summed E-state index contributed by atoms with van der Waals surface area (Å²) in [6.07, 6.45) is 5.88. The van der Waals surface area contributed by atoms with Crippen molar-refractivity contribution in [3.8, 4) is 5.75 Å². The van der Waals surface area contributed by atoms with Crippen molar-refractivity contribution < 1.29 is 9.53 Å². The summed E-state index contributed by atoms with van der Waals surface area (Å²) in [6, 6.07) is 8.10. The predicted octanol–water partition coefficient (Wildman–Crippen LogP) is 1.31. The van der Waals surface area contributed by atoms with Gasteiger partial charge in [-0.15, -0.1) is 5.10 Å². The monoisotopic (exact) mass is 315 g/mol. The van der Waals surface area contributed by atoms with E-state index in [0.29, 0.717) is 6.54 Å². The number of aromatic nitrogens is 4. The number of carbonyl (C=O) groups is 1. The van der Waals surface area contributed by atoms with Crippen LogP contribution >= 0.6 is 0 Å². The maximum absolute atomic E-state index is 12.1. The average Bonchev–Trinajstić information content (AvgIpc) is 3.25. The minimum absolute atomic E-state index is 0.0527. The number of hydrogen-bond donors (Lipinski definition) is 1. The van der Waals surface area contributed by atoms with Gasteiger partial charge in [-0.2, -0.15) is 0 Å². The zero-order valence-corrected chi connectivity index (χ0v) is 13.2. The van der Waals surface area contributed by atoms with E-state index >= 15 is 0 Å². The van der Waals surface area contributed by atoms with Crippen LogP contribution in [-0.2, 0) is 16.8 Å². The zero-order chi connectivity index (χ0) is 16.1. The topological polar surface area (TPSA) is 81.9 Å². The van der Waals surface area contributed by atoms with Crippen LogP contribution in [0.25, 0.3) is 0 Å². The van der Waals surface area contributed by atoms with Crippen LogP contribution in [0.2, 0.25) is 0 Å². The van der Waals surface area contributed by atoms with Crippen LogP contribution in [0.15, 0.2) is 30.6 Å². The number of ether oxygens (including phenoxy) is 1. The van der Waals surface area contributed by atoms with Crippen LogP contribution in [0, 0.1) is 0 Å². The van der Waals surface area contributed by atoms with Gasteiger partial charge < -0.3 is 10.1 Å². The molecule has 0 unspecified atom stereocenters. The van der Waals surface area contributed by atoms with E-state index in [4.69, 9.17) is 4.74 Å². The van der Waals surface area contributed by atoms with Crippen LogP contribution < -0.4 is 10.1 Å². The first-order valence-electron chi connectivity index (χ1n) is 7.84. The van der Waals surface area contributed by atoms with Crippen molar-refractivity contribution in [3.63, 3.8) is 0 Å². The van der Waals surface area contributed by atoms with Gasteiger partial charge in [0.2, 0.25) is 5.91 Å². The quantitative estimate of drug-likeness (QED) is 0.869. The van der Waals surface area contributed by atoms with Gasteiger partial charge in [-0.3, -0.25) is 4.79 Å². The molecule has 1 aromatic carbocycles. The van der Waals surface area contributed by atoms with Gasteiger partial charge in [-0.1, -0.05) is 31.0 Å². The summed E-state index contributed by atoms with van der Waals surface area (Å²) in [5.41, 5.74) is 1.13. The Morgan fingerprint density at radius 1 is 1.35 bits per heavy atom. The number of benzene rings is 1. The summed E-state index contributed by atoms with van der Waals surface area (Å²) in [7, 11) is 1.69. The average molecular weight is 315 g/mol. The lowest BCUT2D eigenvalue weighted by Gasteiger charge is -2.31. The maximum atomic E-state index is 12.1. The van der Waals surface area contributed by atoms with E-state index in [1.54, 1.807) is 7.11 Å². The molecule has 1 saturated carbocycles. The highest BCUT2D eigenvalue weighted by molar-refractivity contribution is 5.75. The second-order valence-corrected chi connectivity index (χ2v) is 5.97. The Hall–Kier alpha value is -2.44. The van der Waals surface area contributed by atoms with Gasteiger partial charge in [0.25, 0.3) is 0 Å². The molecule has 122 valence electrons. The van der Waals surface area contributed by atoms with Crippen molar-refractivity contribution in [1.82, 2.24) is 25.5 Å². The van der Waals surface area contributed by atoms with E-state index in [0.717, 1.165) is 18.6 Å². The van der Waals surface area contributed by atoms with Gasteiger partial charge in [0.05, 0.1) is 7.11 Å². The molecule has 1 aromatic heterocycles. The van der Waals surface area contributed by atoms with Gasteiger partial charge in [-0.25, -0.2) is 4.68 Å². The standard InChI is InChI=1S/C16H21N5O2/c1-23-14-7-3-2-6-13(14)16(8-4-5-9-16)11-17-15(22)10-21-12-18-19-20-21/h2-3,6-7,12H,4-5,8-11H2,1H3,(H,17,22). The normalized spacial score (nSPS) is 16.2. The lowest BCUT2D eigenvalue weighted by Crippen LogP contribution is -2.40. The molecule has 7 nitrogen and oxygen atoms in total. The van der Waals surface area contributed by atoms with Gasteiger partial charge in [0, 0.05) is 17.5 Å². The summed E-state index contributed by atoms with van der Waals surface area (Å²) in [6.45, 7) is 0.739. The molecule has 0 saturated heterocycles. The molecular formula is C16H21N5O2. The fraction of sp³-hybridized carbons (Fsp3) is 0.500. The molecule has 0 radical (unpaired) electrons. The molecule has 1 N–H and O–H groups in total. The third kappa shape index (κ3) is 3.33. The molecule has 1 amide bonds. The van der Waals surface area contributed by atoms with Gasteiger partial charge >= 0.3 is 0 Å². The molecule has 3 rings (SSSR count). The maximum Gasteiger partial charge on any atom is 0.241 e. The number of amides is 1. The van der Waals surface area contributed by atoms with Gasteiger partial charge in [0.15, 0.2) is 0 Å². The number of hydrogen-bond acceptors (Lipinski definition) is 5. The molecule has 7 heteroatoms. The van der Waals surface area contributed by atoms with Crippen molar-refractivity contribution in [2.75, 3.05) is 13.7 Å². The van der Waals surface area contributed by atoms with Crippen LogP contribution in [0.5, 0.6) is 5.75 Å². The van der Waals surface area contributed by atoms with Crippen molar-refractivity contribution in [2.45, 2.75) is 37.6 Å². The number of carbonyl (C=O) groups excluding carboxylic acids is 1. The largest absolute Gasteiger partial charge is 0.496 e. The lowest BCUT2D eigenvalue weighted by atomic mass is 9.78. The minimum Gasteiger partial charge on any atom is -0.496 e. The first-order chi connectivity index (χ1) is 11.2. The van der Waals surface area contributed by atoms with Crippen molar-refractivity contribution in [1.29, 1.82) is 0 Å². The second-order valence-electron chi connectivity index (χ2n) is 5.97. The summed E-state index contributed by atoms with van der Waals surface area (Å²) < 4.78 is 6.95. The number of nitrogens with zero attached hydrogens (tertiary/aromatic N) is 4. The van der Waals surface area contributed by atoms with Crippen LogP contribution in [0.1, 0.15) is 31.2 Å². The molecule has 1 fully saturated rings. The summed E-state index contributed by atoms with van der Waals surface area (Å²) >= 11 is 0. The smallest absolute Gasteiger partial charge is 0.241 e. The highest BCUT2D eigenvalue weighted by Gasteiger charge is 2.37. The Bertz CT molecular complexity index is 650. The number of rotatable bonds is 6. The molecule has 0 bridgehead atoms. The zero-order valence-electron chi connectivity index (χ0n) is 13.2. The van der Waals surface area contributed by atoms with E-state index in [2.05, 4.69) is 26.9 Å². The fourth-order valence-electron chi connectivity index (χ4n) is 3.40. The molecule has 0 atom stereocenters. The van der Waals surface area contributed by atoms with Crippen molar-refractivity contribution in [2.24, 2.45) is 0 Å². The molecule has 1 aliphatic carbocycles. The Morgan fingerprint density at radius 2 is 2.13 bits per heavy atom. The fourth-order valence-corrected chi connectivity index (χ4v) is 3.40. The molecule has 2 aromatic rings. The van der Waals surface area contributed by atoms with Crippen molar-refractivity contribution in [3.05, 3.63) is 36.2 Å². The lowest BCUT2D eigenvalue weighted by molar-refractivity contribution is -0.122. The van der Waals surface area contributed by atoms with E-state index in [-0.39, 0.29) is 17.9 Å². The molecular weight excluding hydrogens is 294 g/mol. The Morgan fingerprint density at radius 3 is 2.83 bits per heavy atom. The second kappa shape index (κ2) is 6.76. The molecule has 1 heterocycles. The highest BCUT2D eigenvalue weighted by atomic mass is 16.5. The van der Waals surface area contributed by atoms with E-state index < -0.39 is 0 Å². The Kier molecular flexibility index (Phi) is 4.55. The van der Waals surface area contributed by atoms with E-state index in [9.17, 15) is 4.79 Å². The SMILES string of the molecule is COc1ccccc1C1(CNC(=O)Cn2cnnn2)CCCC1. The molecule has 0 spiro atoms. The first-order valence-corrected chi connectivity index (χ1v) is 7.84. The predicted molar refractivity (Wildman–Crippen MR) is 84.0 cm³/mol. The van der Waals surface area contributed by atoms with Crippen LogP contribution in [0.3, 0.4) is 0 Å². The molecule has 0 aliphatic heterocycles. The molecule has 1 aliphatic rings. The minimum atomic E-state index is -0.0847. The van der Waals surface area contributed by atoms with Crippen molar-refractivity contribution >= 4 is 5.91 Å². The summed E-state index contributed by atoms with van der Waals surface area (Å²) in [5.74, 6) is 0.808. The number of methoxy groups -OCH3 is 1. The third-order valence-corrected chi connectivity index (χ3v) is 4.56. The summed E-state index contributed by atoms with van der Waals surface area (Å²) in [5, 5.41) is 13.8. The van der Waals surface area contributed by atoms with Crippen LogP contribution in [0.4, 0.5) is 0 Å². The van der Waals surface area contributed by atoms with Gasteiger partial charge in [-0.05, 0) is 29.3 Å².